The van der Waals surface area contributed by atoms with Gasteiger partial charge in [-0.3, -0.25) is 0 Å². The average molecular weight is 382 g/mol. The minimum absolute atomic E-state index is 0.0279. The van der Waals surface area contributed by atoms with E-state index >= 15 is 0 Å². The maximum absolute atomic E-state index is 13.0. The molecular weight excluding hydrogens is 350 g/mol. The molecule has 0 amide bonds. The first-order chi connectivity index (χ1) is 13.2. The van der Waals surface area contributed by atoms with Gasteiger partial charge in [-0.05, 0) is 52.2 Å². The van der Waals surface area contributed by atoms with Crippen molar-refractivity contribution < 1.29 is 9.58 Å². The standard InChI is InChI=1S/C23H31N3O2/c1-8-22(3,4)16-14-17(23(5,6)9-2)21(28-7)20(15-16)25-24-18-12-10-11-13-19(18)26(25)27/h10-15H,8-9H2,1-7H3. The molecule has 3 aromatic rings. The van der Waals surface area contributed by atoms with Crippen molar-refractivity contribution in [2.45, 2.75) is 65.2 Å². The minimum Gasteiger partial charge on any atom is -0.692 e. The zero-order chi connectivity index (χ0) is 20.7. The maximum Gasteiger partial charge on any atom is 0.250 e. The molecule has 2 aromatic carbocycles. The van der Waals surface area contributed by atoms with Gasteiger partial charge in [0.15, 0.2) is 11.4 Å². The summed E-state index contributed by atoms with van der Waals surface area (Å²) in [7, 11) is 1.66. The molecule has 0 aliphatic rings. The molecule has 0 unspecified atom stereocenters. The van der Waals surface area contributed by atoms with Gasteiger partial charge in [-0.25, -0.2) is 0 Å². The van der Waals surface area contributed by atoms with E-state index in [9.17, 15) is 5.21 Å². The zero-order valence-corrected chi connectivity index (χ0v) is 18.0. The predicted molar refractivity (Wildman–Crippen MR) is 113 cm³/mol. The smallest absolute Gasteiger partial charge is 0.250 e. The van der Waals surface area contributed by atoms with Gasteiger partial charge in [-0.15, -0.1) is 4.85 Å². The molecule has 5 nitrogen and oxygen atoms in total. The van der Waals surface area contributed by atoms with Crippen molar-refractivity contribution >= 4 is 11.0 Å². The molecule has 0 aliphatic carbocycles. The molecule has 0 spiro atoms. The van der Waals surface area contributed by atoms with E-state index in [-0.39, 0.29) is 10.8 Å². The van der Waals surface area contributed by atoms with Gasteiger partial charge in [0, 0.05) is 5.56 Å². The maximum atomic E-state index is 13.0. The first-order valence-electron chi connectivity index (χ1n) is 9.97. The van der Waals surface area contributed by atoms with Gasteiger partial charge in [0.05, 0.1) is 12.2 Å². The second-order valence-electron chi connectivity index (χ2n) is 8.70. The van der Waals surface area contributed by atoms with Crippen molar-refractivity contribution in [1.82, 2.24) is 9.90 Å². The van der Waals surface area contributed by atoms with Crippen LogP contribution in [0.4, 0.5) is 0 Å². The number of rotatable bonds is 6. The Bertz CT molecular complexity index is 1000. The summed E-state index contributed by atoms with van der Waals surface area (Å²) in [4.78, 5) is 2.27. The summed E-state index contributed by atoms with van der Waals surface area (Å²) < 4.78 is 5.86. The van der Waals surface area contributed by atoms with Gasteiger partial charge in [-0.1, -0.05) is 59.7 Å². The SMILES string of the molecule is CCC(C)(C)c1cc(-n2nc3ccccc3[n+]2[O-])c(OC)c(C(C)(C)CC)c1. The second-order valence-corrected chi connectivity index (χ2v) is 8.70. The number of methoxy groups -OCH3 is 1. The second kappa shape index (κ2) is 7.12. The van der Waals surface area contributed by atoms with Gasteiger partial charge in [0.25, 0.3) is 0 Å². The van der Waals surface area contributed by atoms with E-state index in [1.165, 1.54) is 10.4 Å². The Kier molecular flexibility index (Phi) is 5.13. The van der Waals surface area contributed by atoms with Gasteiger partial charge in [0.1, 0.15) is 0 Å². The molecule has 0 fully saturated rings. The lowest BCUT2D eigenvalue weighted by molar-refractivity contribution is -0.664. The van der Waals surface area contributed by atoms with Crippen LogP contribution in [0.15, 0.2) is 36.4 Å². The van der Waals surface area contributed by atoms with Crippen molar-refractivity contribution in [2.75, 3.05) is 7.11 Å². The lowest BCUT2D eigenvalue weighted by atomic mass is 9.76. The molecule has 0 bridgehead atoms. The summed E-state index contributed by atoms with van der Waals surface area (Å²) in [5.74, 6) is 0.708. The number of ether oxygens (including phenoxy) is 1. The lowest BCUT2D eigenvalue weighted by Gasteiger charge is -2.31. The van der Waals surface area contributed by atoms with Crippen LogP contribution >= 0.6 is 0 Å². The summed E-state index contributed by atoms with van der Waals surface area (Å²) in [5, 5.41) is 17.6. The van der Waals surface area contributed by atoms with Crippen molar-refractivity contribution in [2.24, 2.45) is 0 Å². The molecular formula is C23H31N3O2. The summed E-state index contributed by atoms with van der Waals surface area (Å²) in [6.45, 7) is 13.2. The van der Waals surface area contributed by atoms with Crippen LogP contribution in [0.2, 0.25) is 0 Å². The number of aromatic nitrogens is 3. The third kappa shape index (κ3) is 3.23. The zero-order valence-electron chi connectivity index (χ0n) is 18.0. The first kappa shape index (κ1) is 20.2. The van der Waals surface area contributed by atoms with Gasteiger partial charge in [0.2, 0.25) is 11.0 Å². The van der Waals surface area contributed by atoms with E-state index in [2.05, 4.69) is 58.8 Å². The Morgan fingerprint density at radius 2 is 1.68 bits per heavy atom. The molecule has 1 heterocycles. The number of hydrogen-bond donors (Lipinski definition) is 0. The average Bonchev–Trinajstić information content (AvgIpc) is 3.03. The minimum atomic E-state index is -0.0970. The molecule has 0 saturated carbocycles. The number of para-hydroxylation sites is 1. The molecule has 0 atom stereocenters. The first-order valence-corrected chi connectivity index (χ1v) is 9.97. The van der Waals surface area contributed by atoms with Crippen molar-refractivity contribution in [3.63, 3.8) is 0 Å². The fraction of sp³-hybridized carbons (Fsp3) is 0.478. The summed E-state index contributed by atoms with van der Waals surface area (Å²) in [6, 6.07) is 11.7. The Morgan fingerprint density at radius 1 is 1.04 bits per heavy atom. The van der Waals surface area contributed by atoms with Gasteiger partial charge >= 0.3 is 0 Å². The Labute approximate surface area is 167 Å². The van der Waals surface area contributed by atoms with E-state index in [0.717, 1.165) is 23.3 Å². The van der Waals surface area contributed by atoms with Crippen LogP contribution in [0, 0.1) is 5.21 Å². The molecule has 0 radical (unpaired) electrons. The van der Waals surface area contributed by atoms with Crippen LogP contribution in [-0.2, 0) is 10.8 Å². The number of fused-ring (bicyclic) bond motifs is 1. The highest BCUT2D eigenvalue weighted by atomic mass is 16.5. The molecule has 5 heteroatoms. The summed E-state index contributed by atoms with van der Waals surface area (Å²) >= 11 is 0. The molecule has 28 heavy (non-hydrogen) atoms. The molecule has 0 saturated heterocycles. The van der Waals surface area contributed by atoms with Crippen LogP contribution in [0.1, 0.15) is 65.5 Å². The molecule has 0 aliphatic heterocycles. The normalized spacial score (nSPS) is 12.5. The molecule has 0 N–H and O–H groups in total. The Hall–Kier alpha value is -2.56. The summed E-state index contributed by atoms with van der Waals surface area (Å²) in [6.07, 6.45) is 1.94. The number of benzene rings is 2. The van der Waals surface area contributed by atoms with Crippen LogP contribution in [0.25, 0.3) is 16.7 Å². The van der Waals surface area contributed by atoms with Crippen LogP contribution in [0.3, 0.4) is 0 Å². The molecule has 150 valence electrons. The van der Waals surface area contributed by atoms with Crippen molar-refractivity contribution in [3.05, 3.63) is 52.7 Å². The van der Waals surface area contributed by atoms with E-state index in [4.69, 9.17) is 4.74 Å². The third-order valence-electron chi connectivity index (χ3n) is 6.23. The van der Waals surface area contributed by atoms with Crippen LogP contribution in [0.5, 0.6) is 5.75 Å². The highest BCUT2D eigenvalue weighted by Crippen LogP contribution is 2.41. The largest absolute Gasteiger partial charge is 0.692 e. The Balaban J connectivity index is 2.40. The van der Waals surface area contributed by atoms with Crippen molar-refractivity contribution in [3.8, 4) is 11.4 Å². The fourth-order valence-electron chi connectivity index (χ4n) is 3.37. The third-order valence-corrected chi connectivity index (χ3v) is 6.23. The summed E-state index contributed by atoms with van der Waals surface area (Å²) in [5.41, 5.74) is 4.05. The fourth-order valence-corrected chi connectivity index (χ4v) is 3.37. The van der Waals surface area contributed by atoms with E-state index < -0.39 is 0 Å². The Morgan fingerprint density at radius 3 is 2.25 bits per heavy atom. The highest BCUT2D eigenvalue weighted by Gasteiger charge is 2.31. The van der Waals surface area contributed by atoms with Crippen molar-refractivity contribution in [1.29, 1.82) is 0 Å². The van der Waals surface area contributed by atoms with E-state index in [0.29, 0.717) is 22.5 Å². The molecule has 3 rings (SSSR count). The van der Waals surface area contributed by atoms with Crippen LogP contribution in [-0.4, -0.2) is 17.0 Å². The quantitative estimate of drug-likeness (QED) is 0.444. The number of nitrogens with zero attached hydrogens (tertiary/aromatic N) is 3. The monoisotopic (exact) mass is 381 g/mol. The number of hydrogen-bond acceptors (Lipinski definition) is 3. The van der Waals surface area contributed by atoms with E-state index in [1.807, 2.05) is 18.2 Å². The van der Waals surface area contributed by atoms with Gasteiger partial charge < -0.3 is 9.94 Å². The topological polar surface area (TPSA) is 54.0 Å². The lowest BCUT2D eigenvalue weighted by Crippen LogP contribution is -2.38. The highest BCUT2D eigenvalue weighted by molar-refractivity contribution is 5.70. The van der Waals surface area contributed by atoms with Crippen LogP contribution < -0.4 is 9.58 Å². The molecule has 1 aromatic heterocycles. The predicted octanol–water partition coefficient (Wildman–Crippen LogP) is 5.04. The van der Waals surface area contributed by atoms with E-state index in [1.54, 1.807) is 13.2 Å². The van der Waals surface area contributed by atoms with Gasteiger partial charge in [-0.2, -0.15) is 0 Å².